The minimum atomic E-state index is -2.65. The number of carbonyl (C=O) groups excluding carboxylic acids is 1. The van der Waals surface area contributed by atoms with E-state index in [4.69, 9.17) is 4.74 Å². The molecule has 0 saturated heterocycles. The molecule has 9 nitrogen and oxygen atoms in total. The number of hydrogen-bond acceptors (Lipinski definition) is 6. The van der Waals surface area contributed by atoms with Crippen molar-refractivity contribution in [3.63, 3.8) is 0 Å². The summed E-state index contributed by atoms with van der Waals surface area (Å²) in [5, 5.41) is 15.1. The number of urea groups is 1. The zero-order chi connectivity index (χ0) is 25.0. The van der Waals surface area contributed by atoms with Crippen LogP contribution in [0, 0.1) is 0 Å². The van der Waals surface area contributed by atoms with E-state index in [0.717, 1.165) is 18.4 Å². The van der Waals surface area contributed by atoms with Crippen molar-refractivity contribution in [1.82, 2.24) is 14.9 Å². The van der Waals surface area contributed by atoms with Crippen molar-refractivity contribution in [2.24, 2.45) is 0 Å². The van der Waals surface area contributed by atoms with Gasteiger partial charge in [0.25, 0.3) is 0 Å². The van der Waals surface area contributed by atoms with Gasteiger partial charge >= 0.3 is 6.03 Å². The first kappa shape index (κ1) is 26.1. The Labute approximate surface area is 206 Å². The molecule has 0 aliphatic rings. The summed E-state index contributed by atoms with van der Waals surface area (Å²) < 4.78 is 31.3. The van der Waals surface area contributed by atoms with Gasteiger partial charge in [0.15, 0.2) is 0 Å². The zero-order valence-electron chi connectivity index (χ0n) is 19.6. The molecule has 3 N–H and O–H groups in total. The van der Waals surface area contributed by atoms with E-state index >= 15 is 0 Å². The molecule has 2 amide bonds. The number of carbonyl (C=O) groups is 1. The maximum absolute atomic E-state index is 12.2. The van der Waals surface area contributed by atoms with Crippen molar-refractivity contribution in [3.05, 3.63) is 72.2 Å². The molecule has 35 heavy (non-hydrogen) atoms. The van der Waals surface area contributed by atoms with Crippen LogP contribution in [0.25, 0.3) is 11.3 Å². The summed E-state index contributed by atoms with van der Waals surface area (Å²) in [5.41, 5.74) is 2.91. The Bertz CT molecular complexity index is 1250. The van der Waals surface area contributed by atoms with E-state index < -0.39 is 16.3 Å². The van der Waals surface area contributed by atoms with Gasteiger partial charge in [0.1, 0.15) is 0 Å². The van der Waals surface area contributed by atoms with E-state index in [1.165, 1.54) is 0 Å². The molecule has 0 spiro atoms. The molecule has 0 aliphatic carbocycles. The highest BCUT2D eigenvalue weighted by Gasteiger charge is 2.15. The number of aliphatic hydroxyl groups is 1. The minimum absolute atomic E-state index is 0.115. The number of ether oxygens (including phenoxy) is 1. The lowest BCUT2D eigenvalue weighted by Gasteiger charge is -2.13. The van der Waals surface area contributed by atoms with Gasteiger partial charge in [-0.3, -0.25) is 0 Å². The Hall–Kier alpha value is -3.47. The molecular weight excluding hydrogens is 468 g/mol. The SMILES string of the molecule is CCCCNC(=O)Nc1ccccc1C(OCCCn1cnc(-c2ccccc2)c1CO)=S(=O)=O. The summed E-state index contributed by atoms with van der Waals surface area (Å²) in [6, 6.07) is 15.8. The van der Waals surface area contributed by atoms with Crippen molar-refractivity contribution >= 4 is 27.1 Å². The summed E-state index contributed by atoms with van der Waals surface area (Å²) in [4.78, 5) is 16.6. The quantitative estimate of drug-likeness (QED) is 0.275. The van der Waals surface area contributed by atoms with Crippen molar-refractivity contribution in [3.8, 4) is 11.3 Å². The van der Waals surface area contributed by atoms with Crippen LogP contribution in [0.15, 0.2) is 60.9 Å². The van der Waals surface area contributed by atoms with Crippen LogP contribution in [0.2, 0.25) is 0 Å². The monoisotopic (exact) mass is 498 g/mol. The predicted octanol–water partition coefficient (Wildman–Crippen LogP) is 3.43. The minimum Gasteiger partial charge on any atom is -0.390 e. The molecule has 0 bridgehead atoms. The van der Waals surface area contributed by atoms with Gasteiger partial charge < -0.3 is 25.0 Å². The lowest BCUT2D eigenvalue weighted by atomic mass is 10.1. The fourth-order valence-corrected chi connectivity index (χ4v) is 4.07. The number of anilines is 1. The van der Waals surface area contributed by atoms with Gasteiger partial charge in [0.2, 0.25) is 15.3 Å². The second-order valence-electron chi connectivity index (χ2n) is 7.76. The summed E-state index contributed by atoms with van der Waals surface area (Å²) in [6.07, 6.45) is 3.93. The third-order valence-electron chi connectivity index (χ3n) is 5.28. The van der Waals surface area contributed by atoms with Gasteiger partial charge in [-0.15, -0.1) is 0 Å². The Morgan fingerprint density at radius 1 is 1.09 bits per heavy atom. The van der Waals surface area contributed by atoms with Crippen LogP contribution in [0.5, 0.6) is 0 Å². The Morgan fingerprint density at radius 3 is 2.54 bits per heavy atom. The lowest BCUT2D eigenvalue weighted by Crippen LogP contribution is -2.30. The Morgan fingerprint density at radius 2 is 1.83 bits per heavy atom. The molecule has 0 unspecified atom stereocenters. The molecule has 0 aliphatic heterocycles. The van der Waals surface area contributed by atoms with E-state index in [-0.39, 0.29) is 23.8 Å². The highest BCUT2D eigenvalue weighted by Crippen LogP contribution is 2.22. The number of imidazole rings is 1. The van der Waals surface area contributed by atoms with E-state index in [2.05, 4.69) is 15.6 Å². The third kappa shape index (κ3) is 7.25. The molecule has 186 valence electrons. The smallest absolute Gasteiger partial charge is 0.319 e. The second kappa shape index (κ2) is 13.4. The molecular formula is C25H30N4O5S. The van der Waals surface area contributed by atoms with Gasteiger partial charge in [-0.05, 0) is 25.0 Å². The van der Waals surface area contributed by atoms with Gasteiger partial charge in [-0.1, -0.05) is 55.8 Å². The number of nitrogens with zero attached hydrogens (tertiary/aromatic N) is 2. The summed E-state index contributed by atoms with van der Waals surface area (Å²) >= 11 is 0. The van der Waals surface area contributed by atoms with E-state index in [0.29, 0.717) is 36.6 Å². The van der Waals surface area contributed by atoms with Crippen molar-refractivity contribution < 1.29 is 23.1 Å². The first-order valence-electron chi connectivity index (χ1n) is 11.5. The molecule has 0 atom stereocenters. The number of amides is 2. The first-order chi connectivity index (χ1) is 17.0. The summed E-state index contributed by atoms with van der Waals surface area (Å²) in [5.74, 6) is 0. The van der Waals surface area contributed by atoms with Gasteiger partial charge in [0.05, 0.1) is 36.6 Å². The predicted molar refractivity (Wildman–Crippen MR) is 136 cm³/mol. The van der Waals surface area contributed by atoms with E-state index in [1.54, 1.807) is 30.6 Å². The normalized spacial score (nSPS) is 10.7. The molecule has 2 aromatic carbocycles. The molecule has 1 aromatic heterocycles. The van der Waals surface area contributed by atoms with Crippen LogP contribution in [-0.4, -0.2) is 47.3 Å². The average Bonchev–Trinajstić information content (AvgIpc) is 3.28. The summed E-state index contributed by atoms with van der Waals surface area (Å²) in [7, 11) is -2.65. The number of para-hydroxylation sites is 1. The van der Waals surface area contributed by atoms with Crippen molar-refractivity contribution in [2.45, 2.75) is 39.3 Å². The number of aliphatic hydroxyl groups excluding tert-OH is 1. The molecule has 3 rings (SSSR count). The number of nitrogens with one attached hydrogen (secondary N) is 2. The van der Waals surface area contributed by atoms with Crippen molar-refractivity contribution in [1.29, 1.82) is 0 Å². The number of benzene rings is 2. The number of hydrogen-bond donors (Lipinski definition) is 3. The highest BCUT2D eigenvalue weighted by atomic mass is 32.2. The molecule has 10 heteroatoms. The molecule has 0 fully saturated rings. The first-order valence-corrected chi connectivity index (χ1v) is 12.6. The molecule has 1 heterocycles. The van der Waals surface area contributed by atoms with Crippen LogP contribution in [0.3, 0.4) is 0 Å². The van der Waals surface area contributed by atoms with Crippen LogP contribution >= 0.6 is 0 Å². The molecule has 0 saturated carbocycles. The number of aromatic nitrogens is 2. The fraction of sp³-hybridized carbons (Fsp3) is 0.320. The van der Waals surface area contributed by atoms with E-state index in [1.807, 2.05) is 41.8 Å². The van der Waals surface area contributed by atoms with Gasteiger partial charge in [-0.2, -0.15) is 8.42 Å². The second-order valence-corrected chi connectivity index (χ2v) is 8.60. The molecule has 3 aromatic rings. The third-order valence-corrected chi connectivity index (χ3v) is 5.92. The van der Waals surface area contributed by atoms with Gasteiger partial charge in [-0.25, -0.2) is 9.78 Å². The summed E-state index contributed by atoms with van der Waals surface area (Å²) in [6.45, 7) is 2.97. The largest absolute Gasteiger partial charge is 0.390 e. The Kier molecular flexibility index (Phi) is 10.0. The van der Waals surface area contributed by atoms with Crippen LogP contribution in [0.1, 0.15) is 37.4 Å². The Balaban J connectivity index is 1.64. The number of aryl methyl sites for hydroxylation is 1. The standard InChI is InChI=1S/C25H30N4O5S/c1-2-3-14-26-25(31)28-21-13-8-7-12-20(21)24(35(32)33)34-16-9-15-29-18-27-23(22(29)17-30)19-10-5-4-6-11-19/h4-8,10-13,18,30H,2-3,9,14-17H2,1H3,(H2,26,28,31). The lowest BCUT2D eigenvalue weighted by molar-refractivity contribution is 0.252. The maximum atomic E-state index is 12.2. The van der Waals surface area contributed by atoms with Crippen molar-refractivity contribution in [2.75, 3.05) is 18.5 Å². The number of rotatable bonds is 11. The molecule has 0 radical (unpaired) electrons. The van der Waals surface area contributed by atoms with Crippen LogP contribution < -0.4 is 10.6 Å². The highest BCUT2D eigenvalue weighted by molar-refractivity contribution is 7.73. The van der Waals surface area contributed by atoms with Crippen LogP contribution in [-0.2, 0) is 28.2 Å². The average molecular weight is 499 g/mol. The van der Waals surface area contributed by atoms with Crippen LogP contribution in [0.4, 0.5) is 10.5 Å². The number of unbranched alkanes of at least 4 members (excludes halogenated alkanes) is 1. The zero-order valence-corrected chi connectivity index (χ0v) is 20.4. The van der Waals surface area contributed by atoms with E-state index in [9.17, 15) is 18.3 Å². The van der Waals surface area contributed by atoms with Gasteiger partial charge in [0, 0.05) is 24.2 Å². The fourth-order valence-electron chi connectivity index (χ4n) is 3.53. The maximum Gasteiger partial charge on any atom is 0.319 e. The topological polar surface area (TPSA) is 123 Å².